The van der Waals surface area contributed by atoms with Crippen molar-refractivity contribution in [2.75, 3.05) is 14.1 Å². The molecule has 1 saturated carbocycles. The van der Waals surface area contributed by atoms with E-state index in [0.29, 0.717) is 6.54 Å². The number of nitrogens with one attached hydrogen (secondary N) is 1. The van der Waals surface area contributed by atoms with Crippen LogP contribution in [0.2, 0.25) is 0 Å². The van der Waals surface area contributed by atoms with Gasteiger partial charge in [-0.15, -0.1) is 0 Å². The van der Waals surface area contributed by atoms with Crippen LogP contribution >= 0.6 is 0 Å². The topological polar surface area (TPSA) is 81.9 Å². The molecule has 0 spiro atoms. The normalized spacial score (nSPS) is 17.2. The number of aromatic amines is 1. The molecule has 0 saturated heterocycles. The van der Waals surface area contributed by atoms with E-state index in [0.717, 1.165) is 19.3 Å². The number of nitrogens with zero attached hydrogens (tertiary/aromatic N) is 3. The van der Waals surface area contributed by atoms with Gasteiger partial charge in [0.1, 0.15) is 11.6 Å². The van der Waals surface area contributed by atoms with Crippen LogP contribution in [-0.4, -0.2) is 34.1 Å². The smallest absolute Gasteiger partial charge is 0.302 e. The predicted molar refractivity (Wildman–Crippen MR) is 66.3 cm³/mol. The second-order valence-corrected chi connectivity index (χ2v) is 5.01. The van der Waals surface area contributed by atoms with E-state index >= 15 is 0 Å². The van der Waals surface area contributed by atoms with E-state index in [1.807, 2.05) is 14.1 Å². The van der Waals surface area contributed by atoms with Gasteiger partial charge in [-0.2, -0.15) is 5.26 Å². The maximum Gasteiger partial charge on any atom is 0.328 e. The summed E-state index contributed by atoms with van der Waals surface area (Å²) in [4.78, 5) is 27.3. The fourth-order valence-electron chi connectivity index (χ4n) is 2.36. The highest BCUT2D eigenvalue weighted by Crippen LogP contribution is 2.37. The van der Waals surface area contributed by atoms with Crippen molar-refractivity contribution in [2.45, 2.75) is 31.3 Å². The Bertz CT molecular complexity index is 602. The monoisotopic (exact) mass is 248 g/mol. The van der Waals surface area contributed by atoms with Gasteiger partial charge in [-0.1, -0.05) is 0 Å². The summed E-state index contributed by atoms with van der Waals surface area (Å²) in [7, 11) is 3.97. The molecule has 0 unspecified atom stereocenters. The number of likely N-dealkylation sites (N-methyl/N-ethyl adjacent to an activating group) is 1. The van der Waals surface area contributed by atoms with Crippen molar-refractivity contribution in [2.24, 2.45) is 0 Å². The molecule has 1 aromatic rings. The zero-order chi connectivity index (χ0) is 13.3. The fourth-order valence-corrected chi connectivity index (χ4v) is 2.36. The third kappa shape index (κ3) is 1.97. The molecule has 6 heteroatoms. The average Bonchev–Trinajstić information content (AvgIpc) is 2.25. The number of hydrogen-bond donors (Lipinski definition) is 1. The lowest BCUT2D eigenvalue weighted by molar-refractivity contribution is 0.0410. The van der Waals surface area contributed by atoms with Gasteiger partial charge in [0, 0.05) is 18.3 Å². The van der Waals surface area contributed by atoms with Gasteiger partial charge in [-0.05, 0) is 33.4 Å². The highest BCUT2D eigenvalue weighted by molar-refractivity contribution is 5.21. The second-order valence-electron chi connectivity index (χ2n) is 5.01. The molecule has 1 aliphatic rings. The van der Waals surface area contributed by atoms with E-state index < -0.39 is 11.2 Å². The zero-order valence-electron chi connectivity index (χ0n) is 10.6. The molecule has 0 aliphatic heterocycles. The largest absolute Gasteiger partial charge is 0.328 e. The summed E-state index contributed by atoms with van der Waals surface area (Å²) in [6, 6.07) is 1.80. The lowest BCUT2D eigenvalue weighted by Crippen LogP contribution is -2.54. The van der Waals surface area contributed by atoms with Crippen LogP contribution in [0.15, 0.2) is 15.8 Å². The first kappa shape index (κ1) is 12.6. The molecule has 6 nitrogen and oxygen atoms in total. The first-order valence-electron chi connectivity index (χ1n) is 5.90. The highest BCUT2D eigenvalue weighted by atomic mass is 16.2. The van der Waals surface area contributed by atoms with E-state index in [1.54, 1.807) is 6.07 Å². The van der Waals surface area contributed by atoms with Crippen LogP contribution in [-0.2, 0) is 6.54 Å². The summed E-state index contributed by atoms with van der Waals surface area (Å²) in [5.41, 5.74) is -1.13. The zero-order valence-corrected chi connectivity index (χ0v) is 10.6. The Balaban J connectivity index is 2.38. The third-order valence-corrected chi connectivity index (χ3v) is 3.83. The van der Waals surface area contributed by atoms with Gasteiger partial charge in [0.25, 0.3) is 5.56 Å². The van der Waals surface area contributed by atoms with Crippen molar-refractivity contribution in [1.29, 1.82) is 5.26 Å². The molecule has 0 radical (unpaired) electrons. The summed E-state index contributed by atoms with van der Waals surface area (Å²) in [5.74, 6) is 0. The first-order valence-corrected chi connectivity index (χ1v) is 5.90. The summed E-state index contributed by atoms with van der Waals surface area (Å²) >= 11 is 0. The predicted octanol–water partition coefficient (Wildman–Crippen LogP) is -0.107. The Labute approximate surface area is 104 Å². The minimum absolute atomic E-state index is 0.0252. The Morgan fingerprint density at radius 1 is 1.50 bits per heavy atom. The first-order chi connectivity index (χ1) is 8.48. The minimum atomic E-state index is -0.619. The molecule has 18 heavy (non-hydrogen) atoms. The minimum Gasteiger partial charge on any atom is -0.302 e. The van der Waals surface area contributed by atoms with Crippen molar-refractivity contribution in [3.05, 3.63) is 32.6 Å². The van der Waals surface area contributed by atoms with Crippen LogP contribution in [0.5, 0.6) is 0 Å². The summed E-state index contributed by atoms with van der Waals surface area (Å²) in [6.45, 7) is 0.504. The third-order valence-electron chi connectivity index (χ3n) is 3.83. The van der Waals surface area contributed by atoms with Crippen LogP contribution in [0.4, 0.5) is 0 Å². The van der Waals surface area contributed by atoms with E-state index in [9.17, 15) is 9.59 Å². The molecular formula is C12H16N4O2. The second kappa shape index (κ2) is 4.42. The average molecular weight is 248 g/mol. The van der Waals surface area contributed by atoms with Crippen molar-refractivity contribution >= 4 is 0 Å². The van der Waals surface area contributed by atoms with Crippen molar-refractivity contribution in [3.63, 3.8) is 0 Å². The molecule has 1 fully saturated rings. The van der Waals surface area contributed by atoms with Crippen LogP contribution in [0.3, 0.4) is 0 Å². The Hall–Kier alpha value is -1.87. The summed E-state index contributed by atoms with van der Waals surface area (Å²) in [5, 5.41) is 8.82. The summed E-state index contributed by atoms with van der Waals surface area (Å²) < 4.78 is 1.43. The molecule has 1 N–H and O–H groups in total. The van der Waals surface area contributed by atoms with Crippen LogP contribution in [0, 0.1) is 11.3 Å². The van der Waals surface area contributed by atoms with Gasteiger partial charge in [0.15, 0.2) is 0 Å². The molecule has 0 bridgehead atoms. The molecule has 0 aromatic carbocycles. The molecule has 1 aliphatic carbocycles. The SMILES string of the molecule is CN(C)C1(Cn2cc(C#N)c(=O)[nH]c2=O)CCC1. The van der Waals surface area contributed by atoms with Gasteiger partial charge in [-0.3, -0.25) is 14.3 Å². The van der Waals surface area contributed by atoms with E-state index in [4.69, 9.17) is 5.26 Å². The van der Waals surface area contributed by atoms with Crippen LogP contribution < -0.4 is 11.2 Å². The van der Waals surface area contributed by atoms with Crippen LogP contribution in [0.25, 0.3) is 0 Å². The number of nitriles is 1. The number of aromatic nitrogens is 2. The van der Waals surface area contributed by atoms with E-state index in [1.165, 1.54) is 10.8 Å². The van der Waals surface area contributed by atoms with Crippen molar-refractivity contribution < 1.29 is 0 Å². The summed E-state index contributed by atoms with van der Waals surface area (Å²) in [6.07, 6.45) is 4.53. The number of hydrogen-bond acceptors (Lipinski definition) is 4. The Morgan fingerprint density at radius 2 is 2.17 bits per heavy atom. The number of rotatable bonds is 3. The maximum absolute atomic E-state index is 11.7. The van der Waals surface area contributed by atoms with E-state index in [-0.39, 0.29) is 11.1 Å². The molecule has 0 amide bonds. The van der Waals surface area contributed by atoms with Crippen LogP contribution in [0.1, 0.15) is 24.8 Å². The number of H-pyrrole nitrogens is 1. The lowest BCUT2D eigenvalue weighted by Gasteiger charge is -2.47. The van der Waals surface area contributed by atoms with Gasteiger partial charge in [0.2, 0.25) is 0 Å². The van der Waals surface area contributed by atoms with Gasteiger partial charge < -0.3 is 4.90 Å². The highest BCUT2D eigenvalue weighted by Gasteiger charge is 2.39. The van der Waals surface area contributed by atoms with Gasteiger partial charge >= 0.3 is 5.69 Å². The Morgan fingerprint density at radius 3 is 2.61 bits per heavy atom. The molecular weight excluding hydrogens is 232 g/mol. The quantitative estimate of drug-likeness (QED) is 0.809. The standard InChI is InChI=1S/C12H16N4O2/c1-15(2)12(4-3-5-12)8-16-7-9(6-13)10(17)14-11(16)18/h7H,3-5,8H2,1-2H3,(H,14,17,18). The molecule has 0 atom stereocenters. The van der Waals surface area contributed by atoms with Gasteiger partial charge in [0.05, 0.1) is 0 Å². The lowest BCUT2D eigenvalue weighted by atomic mass is 9.75. The van der Waals surface area contributed by atoms with Crippen molar-refractivity contribution in [3.8, 4) is 6.07 Å². The molecule has 2 rings (SSSR count). The maximum atomic E-state index is 11.7. The molecule has 1 heterocycles. The Kier molecular flexibility index (Phi) is 3.09. The molecule has 96 valence electrons. The molecule has 1 aromatic heterocycles. The fraction of sp³-hybridized carbons (Fsp3) is 0.583. The van der Waals surface area contributed by atoms with Crippen molar-refractivity contribution in [1.82, 2.24) is 14.5 Å². The van der Waals surface area contributed by atoms with Gasteiger partial charge in [-0.25, -0.2) is 4.79 Å². The van der Waals surface area contributed by atoms with E-state index in [2.05, 4.69) is 9.88 Å².